The number of benzene rings is 3. The van der Waals surface area contributed by atoms with Gasteiger partial charge in [0.05, 0.1) is 17.7 Å². The van der Waals surface area contributed by atoms with Crippen molar-refractivity contribution in [2.24, 2.45) is 0 Å². The van der Waals surface area contributed by atoms with Crippen molar-refractivity contribution in [1.29, 1.82) is 0 Å². The molecule has 2 N–H and O–H groups in total. The van der Waals surface area contributed by atoms with Gasteiger partial charge in [-0.1, -0.05) is 18.2 Å². The van der Waals surface area contributed by atoms with Crippen LogP contribution in [0.25, 0.3) is 0 Å². The Bertz CT molecular complexity index is 1140. The first-order chi connectivity index (χ1) is 13.8. The molecule has 0 atom stereocenters. The van der Waals surface area contributed by atoms with E-state index in [4.69, 9.17) is 4.74 Å². The van der Waals surface area contributed by atoms with Gasteiger partial charge < -0.3 is 10.1 Å². The molecule has 0 saturated heterocycles. The topological polar surface area (TPSA) is 84.5 Å². The van der Waals surface area contributed by atoms with E-state index < -0.39 is 10.0 Å². The number of carbonyl (C=O) groups excluding carboxylic acids is 1. The van der Waals surface area contributed by atoms with Gasteiger partial charge in [-0.2, -0.15) is 0 Å². The number of amides is 1. The van der Waals surface area contributed by atoms with Crippen molar-refractivity contribution in [3.8, 4) is 5.75 Å². The van der Waals surface area contributed by atoms with Gasteiger partial charge >= 0.3 is 0 Å². The zero-order chi connectivity index (χ0) is 21.0. The molecular formula is C22H22N2O4S. The number of nitrogens with one attached hydrogen (secondary N) is 2. The van der Waals surface area contributed by atoms with Gasteiger partial charge in [0.15, 0.2) is 0 Å². The third-order valence-electron chi connectivity index (χ3n) is 4.39. The maximum atomic E-state index is 12.7. The predicted molar refractivity (Wildman–Crippen MR) is 114 cm³/mol. The molecule has 0 aliphatic rings. The van der Waals surface area contributed by atoms with Crippen LogP contribution in [-0.4, -0.2) is 21.4 Å². The first-order valence-corrected chi connectivity index (χ1v) is 10.4. The zero-order valence-corrected chi connectivity index (χ0v) is 17.2. The molecule has 0 spiro atoms. The molecule has 0 heterocycles. The van der Waals surface area contributed by atoms with Crippen molar-refractivity contribution >= 4 is 27.3 Å². The second-order valence-corrected chi connectivity index (χ2v) is 8.32. The average Bonchev–Trinajstić information content (AvgIpc) is 2.71. The lowest BCUT2D eigenvalue weighted by molar-refractivity contribution is 0.102. The van der Waals surface area contributed by atoms with Crippen molar-refractivity contribution < 1.29 is 17.9 Å². The van der Waals surface area contributed by atoms with E-state index in [2.05, 4.69) is 10.0 Å². The first-order valence-electron chi connectivity index (χ1n) is 8.94. The van der Waals surface area contributed by atoms with Crippen molar-refractivity contribution in [2.45, 2.75) is 18.7 Å². The minimum absolute atomic E-state index is 0.109. The smallest absolute Gasteiger partial charge is 0.261 e. The summed E-state index contributed by atoms with van der Waals surface area (Å²) in [5, 5.41) is 2.74. The van der Waals surface area contributed by atoms with E-state index in [9.17, 15) is 13.2 Å². The third-order valence-corrected chi connectivity index (χ3v) is 5.77. The highest BCUT2D eigenvalue weighted by molar-refractivity contribution is 7.92. The fourth-order valence-electron chi connectivity index (χ4n) is 2.73. The van der Waals surface area contributed by atoms with Gasteiger partial charge in [0, 0.05) is 11.3 Å². The monoisotopic (exact) mass is 410 g/mol. The lowest BCUT2D eigenvalue weighted by Gasteiger charge is -2.12. The van der Waals surface area contributed by atoms with E-state index in [1.165, 1.54) is 19.2 Å². The minimum Gasteiger partial charge on any atom is -0.497 e. The van der Waals surface area contributed by atoms with Crippen LogP contribution >= 0.6 is 0 Å². The molecule has 29 heavy (non-hydrogen) atoms. The minimum atomic E-state index is -3.74. The molecule has 0 aliphatic carbocycles. The number of rotatable bonds is 6. The summed E-state index contributed by atoms with van der Waals surface area (Å²) >= 11 is 0. The predicted octanol–water partition coefficient (Wildman–Crippen LogP) is 4.37. The Balaban J connectivity index is 1.75. The van der Waals surface area contributed by atoms with E-state index in [1.54, 1.807) is 42.5 Å². The maximum Gasteiger partial charge on any atom is 0.261 e. The summed E-state index contributed by atoms with van der Waals surface area (Å²) < 4.78 is 33.1. The molecule has 0 aliphatic heterocycles. The number of hydrogen-bond acceptors (Lipinski definition) is 4. The van der Waals surface area contributed by atoms with E-state index in [-0.39, 0.29) is 10.8 Å². The van der Waals surface area contributed by atoms with E-state index in [1.807, 2.05) is 26.0 Å². The zero-order valence-electron chi connectivity index (χ0n) is 16.4. The molecule has 0 bridgehead atoms. The van der Waals surface area contributed by atoms with Gasteiger partial charge in [-0.15, -0.1) is 0 Å². The van der Waals surface area contributed by atoms with Gasteiger partial charge in [-0.25, -0.2) is 8.42 Å². The summed E-state index contributed by atoms with van der Waals surface area (Å²) in [6, 6.07) is 18.4. The number of hydrogen-bond donors (Lipinski definition) is 2. The second kappa shape index (κ2) is 8.36. The number of aryl methyl sites for hydroxylation is 2. The van der Waals surface area contributed by atoms with Crippen molar-refractivity contribution in [3.05, 3.63) is 83.4 Å². The summed E-state index contributed by atoms with van der Waals surface area (Å²) in [4.78, 5) is 12.5. The Hall–Kier alpha value is -3.32. The third kappa shape index (κ3) is 4.94. The second-order valence-electron chi connectivity index (χ2n) is 6.63. The van der Waals surface area contributed by atoms with Crippen LogP contribution in [0.5, 0.6) is 5.75 Å². The summed E-state index contributed by atoms with van der Waals surface area (Å²) in [5.41, 5.74) is 3.27. The highest BCUT2D eigenvalue weighted by Gasteiger charge is 2.16. The van der Waals surface area contributed by atoms with Crippen LogP contribution in [0.15, 0.2) is 71.6 Å². The van der Waals surface area contributed by atoms with Crippen LogP contribution in [0.3, 0.4) is 0 Å². The number of carbonyl (C=O) groups is 1. The maximum absolute atomic E-state index is 12.7. The van der Waals surface area contributed by atoms with Crippen LogP contribution < -0.4 is 14.8 Å². The van der Waals surface area contributed by atoms with E-state index in [0.717, 1.165) is 11.1 Å². The Morgan fingerprint density at radius 1 is 0.931 bits per heavy atom. The van der Waals surface area contributed by atoms with Crippen molar-refractivity contribution in [2.75, 3.05) is 17.1 Å². The summed E-state index contributed by atoms with van der Waals surface area (Å²) in [5.74, 6) is 0.268. The molecule has 150 valence electrons. The van der Waals surface area contributed by atoms with Crippen molar-refractivity contribution in [3.63, 3.8) is 0 Å². The largest absolute Gasteiger partial charge is 0.497 e. The Morgan fingerprint density at radius 2 is 1.66 bits per heavy atom. The fraction of sp³-hybridized carbons (Fsp3) is 0.136. The number of anilines is 2. The SMILES string of the molecule is COc1cccc(C(=O)Nc2ccc(S(=O)(=O)Nc3cc(C)ccc3C)cc2)c1. The molecular weight excluding hydrogens is 388 g/mol. The molecule has 0 radical (unpaired) electrons. The molecule has 1 amide bonds. The average molecular weight is 410 g/mol. The summed E-state index contributed by atoms with van der Waals surface area (Å²) in [6.45, 7) is 3.74. The van der Waals surface area contributed by atoms with Gasteiger partial charge in [0.2, 0.25) is 0 Å². The van der Waals surface area contributed by atoms with Crippen LogP contribution in [0.4, 0.5) is 11.4 Å². The first kappa shape index (κ1) is 20.4. The quantitative estimate of drug-likeness (QED) is 0.632. The normalized spacial score (nSPS) is 11.0. The highest BCUT2D eigenvalue weighted by atomic mass is 32.2. The Labute approximate surface area is 170 Å². The van der Waals surface area contributed by atoms with Gasteiger partial charge in [0.1, 0.15) is 5.75 Å². The van der Waals surface area contributed by atoms with Gasteiger partial charge in [0.25, 0.3) is 15.9 Å². The lowest BCUT2D eigenvalue weighted by Crippen LogP contribution is -2.15. The van der Waals surface area contributed by atoms with Crippen LogP contribution in [-0.2, 0) is 10.0 Å². The molecule has 0 unspecified atom stereocenters. The molecule has 0 fully saturated rings. The summed E-state index contributed by atoms with van der Waals surface area (Å²) in [7, 11) is -2.21. The molecule has 0 aromatic heterocycles. The number of methoxy groups -OCH3 is 1. The van der Waals surface area contributed by atoms with E-state index >= 15 is 0 Å². The fourth-order valence-corrected chi connectivity index (χ4v) is 3.86. The molecule has 3 aromatic rings. The van der Waals surface area contributed by atoms with Crippen LogP contribution in [0.1, 0.15) is 21.5 Å². The van der Waals surface area contributed by atoms with Gasteiger partial charge in [-0.05, 0) is 73.5 Å². The Morgan fingerprint density at radius 3 is 2.34 bits per heavy atom. The van der Waals surface area contributed by atoms with E-state index in [0.29, 0.717) is 22.7 Å². The van der Waals surface area contributed by atoms with Crippen LogP contribution in [0.2, 0.25) is 0 Å². The van der Waals surface area contributed by atoms with Gasteiger partial charge in [-0.3, -0.25) is 9.52 Å². The molecule has 7 heteroatoms. The molecule has 6 nitrogen and oxygen atoms in total. The summed E-state index contributed by atoms with van der Waals surface area (Å²) in [6.07, 6.45) is 0. The highest BCUT2D eigenvalue weighted by Crippen LogP contribution is 2.22. The van der Waals surface area contributed by atoms with Crippen LogP contribution in [0, 0.1) is 13.8 Å². The standard InChI is InChI=1S/C22H22N2O4S/c1-15-7-8-16(2)21(13-15)24-29(26,27)20-11-9-18(10-12-20)23-22(25)17-5-4-6-19(14-17)28-3/h4-14,24H,1-3H3,(H,23,25). The Kier molecular flexibility index (Phi) is 5.89. The van der Waals surface area contributed by atoms with Crippen molar-refractivity contribution in [1.82, 2.24) is 0 Å². The number of ether oxygens (including phenoxy) is 1. The number of sulfonamides is 1. The molecule has 3 aromatic carbocycles. The lowest BCUT2D eigenvalue weighted by atomic mass is 10.1. The molecule has 0 saturated carbocycles. The molecule has 3 rings (SSSR count).